The molecule has 0 aromatic carbocycles. The van der Waals surface area contributed by atoms with Gasteiger partial charge in [-0.1, -0.05) is 0 Å². The van der Waals surface area contributed by atoms with Crippen molar-refractivity contribution in [2.24, 2.45) is 0 Å². The van der Waals surface area contributed by atoms with Crippen LogP contribution in [0.15, 0.2) is 18.3 Å². The number of anilines is 1. The van der Waals surface area contributed by atoms with Crippen LogP contribution in [0.25, 0.3) is 0 Å². The lowest BCUT2D eigenvalue weighted by Gasteiger charge is -2.03. The number of carbonyl (C=O) groups excluding carboxylic acids is 1. The fourth-order valence-electron chi connectivity index (χ4n) is 1.34. The van der Waals surface area contributed by atoms with Crippen LogP contribution < -0.4 is 11.1 Å². The van der Waals surface area contributed by atoms with Crippen molar-refractivity contribution < 1.29 is 14.7 Å². The van der Waals surface area contributed by atoms with E-state index in [9.17, 15) is 9.59 Å². The number of aromatic carboxylic acids is 1. The van der Waals surface area contributed by atoms with Crippen LogP contribution in [0.2, 0.25) is 0 Å². The quantitative estimate of drug-likeness (QED) is 0.575. The highest BCUT2D eigenvalue weighted by Crippen LogP contribution is 2.02. The van der Waals surface area contributed by atoms with Crippen molar-refractivity contribution in [2.75, 3.05) is 5.73 Å². The van der Waals surface area contributed by atoms with Gasteiger partial charge in [0, 0.05) is 6.20 Å². The second-order valence-electron chi connectivity index (χ2n) is 3.57. The summed E-state index contributed by atoms with van der Waals surface area (Å²) in [6.07, 6.45) is 1.36. The highest BCUT2D eigenvalue weighted by atomic mass is 16.4. The van der Waals surface area contributed by atoms with E-state index in [-0.39, 0.29) is 23.9 Å². The largest absolute Gasteiger partial charge is 0.478 e. The number of carbonyl (C=O) groups is 2. The number of aromatic nitrogens is 4. The molecule has 2 aromatic rings. The third-order valence-corrected chi connectivity index (χ3v) is 2.21. The summed E-state index contributed by atoms with van der Waals surface area (Å²) >= 11 is 0. The number of hydrogen-bond donors (Lipinski definition) is 4. The molecule has 19 heavy (non-hydrogen) atoms. The van der Waals surface area contributed by atoms with Crippen LogP contribution in [0.4, 0.5) is 5.95 Å². The molecule has 0 bridgehead atoms. The summed E-state index contributed by atoms with van der Waals surface area (Å²) in [6, 6.07) is 2.74. The van der Waals surface area contributed by atoms with Crippen LogP contribution in [0.5, 0.6) is 0 Å². The van der Waals surface area contributed by atoms with Gasteiger partial charge >= 0.3 is 5.97 Å². The van der Waals surface area contributed by atoms with Crippen molar-refractivity contribution in [1.29, 1.82) is 0 Å². The summed E-state index contributed by atoms with van der Waals surface area (Å²) in [6.45, 7) is 0.0700. The van der Waals surface area contributed by atoms with E-state index in [1.165, 1.54) is 18.3 Å². The summed E-state index contributed by atoms with van der Waals surface area (Å²) in [5.41, 5.74) is 5.78. The fraction of sp³-hybridized carbons (Fsp3) is 0.100. The maximum Gasteiger partial charge on any atom is 0.335 e. The summed E-state index contributed by atoms with van der Waals surface area (Å²) in [5, 5.41) is 17.2. The van der Waals surface area contributed by atoms with E-state index in [2.05, 4.69) is 25.5 Å². The molecule has 98 valence electrons. The molecule has 2 rings (SSSR count). The lowest BCUT2D eigenvalue weighted by atomic mass is 10.2. The van der Waals surface area contributed by atoms with Gasteiger partial charge in [0.1, 0.15) is 0 Å². The summed E-state index contributed by atoms with van der Waals surface area (Å²) < 4.78 is 0. The third-order valence-electron chi connectivity index (χ3n) is 2.21. The first-order valence-electron chi connectivity index (χ1n) is 5.20. The minimum absolute atomic E-state index is 0.0214. The van der Waals surface area contributed by atoms with Gasteiger partial charge < -0.3 is 16.2 Å². The summed E-state index contributed by atoms with van der Waals surface area (Å²) in [5.74, 6) is -1.62. The predicted octanol–water partition coefficient (Wildman–Crippen LogP) is -0.590. The number of nitrogen functional groups attached to an aromatic ring is 1. The Labute approximate surface area is 106 Å². The maximum atomic E-state index is 11.6. The topological polar surface area (TPSA) is 147 Å². The molecule has 0 unspecified atom stereocenters. The molecule has 2 aromatic heterocycles. The molecule has 0 radical (unpaired) electrons. The van der Waals surface area contributed by atoms with Gasteiger partial charge in [-0.25, -0.2) is 4.79 Å². The first kappa shape index (κ1) is 12.5. The van der Waals surface area contributed by atoms with Crippen molar-refractivity contribution in [3.63, 3.8) is 0 Å². The molecule has 0 aliphatic heterocycles. The fourth-order valence-corrected chi connectivity index (χ4v) is 1.34. The van der Waals surface area contributed by atoms with Crippen LogP contribution in [0.3, 0.4) is 0 Å². The average Bonchev–Trinajstić information content (AvgIpc) is 2.83. The molecule has 2 heterocycles. The number of H-pyrrole nitrogens is 1. The number of nitrogens with zero attached hydrogens (tertiary/aromatic N) is 3. The first-order chi connectivity index (χ1) is 9.06. The number of hydrogen-bond acceptors (Lipinski definition) is 6. The zero-order valence-electron chi connectivity index (χ0n) is 9.62. The average molecular weight is 262 g/mol. The Morgan fingerprint density at radius 1 is 1.47 bits per heavy atom. The second-order valence-corrected chi connectivity index (χ2v) is 3.57. The Hall–Kier alpha value is -2.97. The van der Waals surface area contributed by atoms with Crippen LogP contribution in [0.1, 0.15) is 26.7 Å². The van der Waals surface area contributed by atoms with E-state index < -0.39 is 11.9 Å². The molecule has 0 fully saturated rings. The summed E-state index contributed by atoms with van der Waals surface area (Å²) in [4.78, 5) is 30.0. The van der Waals surface area contributed by atoms with Gasteiger partial charge in [0.25, 0.3) is 5.91 Å². The van der Waals surface area contributed by atoms with E-state index in [0.717, 1.165) is 0 Å². The molecule has 0 saturated carbocycles. The van der Waals surface area contributed by atoms with Gasteiger partial charge in [0.05, 0.1) is 17.8 Å². The third kappa shape index (κ3) is 3.03. The number of carboxylic acids is 1. The highest BCUT2D eigenvalue weighted by Gasteiger charge is 2.11. The monoisotopic (exact) mass is 262 g/mol. The predicted molar refractivity (Wildman–Crippen MR) is 63.2 cm³/mol. The molecule has 0 atom stereocenters. The number of carboxylic acid groups (broad SMARTS) is 1. The SMILES string of the molecule is Nc1n[nH]c(C(=O)NCc2cc(C(=O)O)ccn2)n1. The normalized spacial score (nSPS) is 10.1. The van der Waals surface area contributed by atoms with E-state index in [4.69, 9.17) is 10.8 Å². The van der Waals surface area contributed by atoms with Crippen LogP contribution >= 0.6 is 0 Å². The molecule has 0 spiro atoms. The van der Waals surface area contributed by atoms with Crippen LogP contribution in [0, 0.1) is 0 Å². The smallest absolute Gasteiger partial charge is 0.335 e. The van der Waals surface area contributed by atoms with Crippen molar-refractivity contribution in [3.05, 3.63) is 35.4 Å². The molecule has 5 N–H and O–H groups in total. The molecular formula is C10H10N6O3. The van der Waals surface area contributed by atoms with Gasteiger partial charge in [0.15, 0.2) is 0 Å². The summed E-state index contributed by atoms with van der Waals surface area (Å²) in [7, 11) is 0. The van der Waals surface area contributed by atoms with E-state index >= 15 is 0 Å². The minimum atomic E-state index is -1.06. The highest BCUT2D eigenvalue weighted by molar-refractivity contribution is 5.90. The standard InChI is InChI=1S/C10H10N6O3/c11-10-14-7(15-16-10)8(17)13-4-6-3-5(9(18)19)1-2-12-6/h1-3H,4H2,(H,13,17)(H,18,19)(H3,11,14,15,16). The Bertz CT molecular complexity index is 623. The number of pyridine rings is 1. The molecule has 1 amide bonds. The molecule has 9 heteroatoms. The first-order valence-corrected chi connectivity index (χ1v) is 5.20. The van der Waals surface area contributed by atoms with Crippen molar-refractivity contribution in [2.45, 2.75) is 6.54 Å². The lowest BCUT2D eigenvalue weighted by molar-refractivity contribution is 0.0696. The van der Waals surface area contributed by atoms with Gasteiger partial charge in [-0.3, -0.25) is 14.9 Å². The zero-order valence-corrected chi connectivity index (χ0v) is 9.62. The molecule has 0 saturated heterocycles. The Morgan fingerprint density at radius 3 is 2.89 bits per heavy atom. The lowest BCUT2D eigenvalue weighted by Crippen LogP contribution is -2.24. The molecule has 9 nitrogen and oxygen atoms in total. The Balaban J connectivity index is 2.01. The zero-order chi connectivity index (χ0) is 13.8. The number of amides is 1. The van der Waals surface area contributed by atoms with Crippen LogP contribution in [-0.4, -0.2) is 37.1 Å². The van der Waals surface area contributed by atoms with E-state index in [0.29, 0.717) is 5.69 Å². The van der Waals surface area contributed by atoms with E-state index in [1.54, 1.807) is 0 Å². The van der Waals surface area contributed by atoms with Crippen molar-refractivity contribution in [1.82, 2.24) is 25.5 Å². The van der Waals surface area contributed by atoms with Gasteiger partial charge in [0.2, 0.25) is 11.8 Å². The number of rotatable bonds is 4. The number of nitrogens with one attached hydrogen (secondary N) is 2. The van der Waals surface area contributed by atoms with Gasteiger partial charge in [-0.05, 0) is 12.1 Å². The van der Waals surface area contributed by atoms with Gasteiger partial charge in [-0.15, -0.1) is 5.10 Å². The molecular weight excluding hydrogens is 252 g/mol. The number of aromatic amines is 1. The number of nitrogens with two attached hydrogens (primary N) is 1. The van der Waals surface area contributed by atoms with Crippen molar-refractivity contribution in [3.8, 4) is 0 Å². The van der Waals surface area contributed by atoms with Crippen molar-refractivity contribution >= 4 is 17.8 Å². The Morgan fingerprint density at radius 2 is 2.26 bits per heavy atom. The minimum Gasteiger partial charge on any atom is -0.478 e. The second kappa shape index (κ2) is 5.12. The Kier molecular flexibility index (Phi) is 3.37. The maximum absolute atomic E-state index is 11.6. The van der Waals surface area contributed by atoms with Gasteiger partial charge in [-0.2, -0.15) is 4.98 Å². The molecule has 0 aliphatic carbocycles. The van der Waals surface area contributed by atoms with E-state index in [1.807, 2.05) is 0 Å². The molecule has 0 aliphatic rings. The van der Waals surface area contributed by atoms with Crippen LogP contribution in [-0.2, 0) is 6.54 Å².